The first-order chi connectivity index (χ1) is 12.9. The van der Waals surface area contributed by atoms with Crippen molar-refractivity contribution >= 4 is 28.5 Å². The molecule has 0 fully saturated rings. The van der Waals surface area contributed by atoms with Gasteiger partial charge in [-0.05, 0) is 52.4 Å². The van der Waals surface area contributed by atoms with Gasteiger partial charge in [0.25, 0.3) is 5.91 Å². The zero-order valence-electron chi connectivity index (χ0n) is 15.7. The van der Waals surface area contributed by atoms with Gasteiger partial charge in [-0.1, -0.05) is 19.9 Å². The van der Waals surface area contributed by atoms with E-state index in [0.717, 1.165) is 20.6 Å². The number of fused-ring (bicyclic) bond motifs is 1. The zero-order valence-corrected chi connectivity index (χ0v) is 17.9. The quantitative estimate of drug-likeness (QED) is 0.635. The first kappa shape index (κ1) is 19.6. The average molecular weight is 483 g/mol. The molecule has 0 aliphatic carbocycles. The van der Waals surface area contributed by atoms with Crippen LogP contribution in [0.5, 0.6) is 23.0 Å². The van der Waals surface area contributed by atoms with Crippen LogP contribution in [0.15, 0.2) is 30.3 Å². The molecular formula is C20H22INO5. The average Bonchev–Trinajstić information content (AvgIpc) is 3.13. The first-order valence-corrected chi connectivity index (χ1v) is 9.53. The number of ether oxygens (including phenoxy) is 4. The van der Waals surface area contributed by atoms with E-state index < -0.39 is 0 Å². The lowest BCUT2D eigenvalue weighted by atomic mass is 9.84. The van der Waals surface area contributed by atoms with Crippen molar-refractivity contribution in [2.75, 3.05) is 27.6 Å². The molecule has 0 aromatic heterocycles. The number of carbonyl (C=O) groups excluding carboxylic acids is 1. The molecule has 144 valence electrons. The molecule has 0 radical (unpaired) electrons. The van der Waals surface area contributed by atoms with Gasteiger partial charge >= 0.3 is 0 Å². The minimum atomic E-state index is -0.279. The maximum atomic E-state index is 12.7. The largest absolute Gasteiger partial charge is 0.493 e. The fourth-order valence-electron chi connectivity index (χ4n) is 2.84. The Hall–Kier alpha value is -2.16. The van der Waals surface area contributed by atoms with Crippen LogP contribution in [0.4, 0.5) is 0 Å². The van der Waals surface area contributed by atoms with E-state index in [4.69, 9.17) is 18.9 Å². The Bertz CT molecular complexity index is 866. The molecule has 0 unspecified atom stereocenters. The molecule has 0 saturated carbocycles. The van der Waals surface area contributed by atoms with Gasteiger partial charge in [0.1, 0.15) is 0 Å². The minimum Gasteiger partial charge on any atom is -0.493 e. The molecule has 0 saturated heterocycles. The monoisotopic (exact) mass is 483 g/mol. The predicted molar refractivity (Wildman–Crippen MR) is 110 cm³/mol. The van der Waals surface area contributed by atoms with Gasteiger partial charge in [-0.15, -0.1) is 0 Å². The minimum absolute atomic E-state index is 0.158. The van der Waals surface area contributed by atoms with Crippen molar-refractivity contribution in [1.29, 1.82) is 0 Å². The second-order valence-corrected chi connectivity index (χ2v) is 7.98. The Kier molecular flexibility index (Phi) is 5.69. The number of benzene rings is 2. The summed E-state index contributed by atoms with van der Waals surface area (Å²) < 4.78 is 22.2. The van der Waals surface area contributed by atoms with E-state index >= 15 is 0 Å². The number of rotatable bonds is 6. The molecule has 1 amide bonds. The van der Waals surface area contributed by atoms with Crippen LogP contribution in [-0.2, 0) is 5.41 Å². The SMILES string of the molecule is COc1cc(I)c(C(=O)NCC(C)(C)c2ccc3c(c2)OCO3)cc1OC. The molecule has 27 heavy (non-hydrogen) atoms. The molecule has 0 atom stereocenters. The Morgan fingerprint density at radius 1 is 1.11 bits per heavy atom. The molecule has 0 spiro atoms. The number of amides is 1. The number of halogens is 1. The van der Waals surface area contributed by atoms with E-state index in [1.807, 2.05) is 18.2 Å². The predicted octanol–water partition coefficient (Wildman–Crippen LogP) is 3.74. The molecule has 2 aromatic rings. The molecular weight excluding hydrogens is 461 g/mol. The second-order valence-electron chi connectivity index (χ2n) is 6.82. The topological polar surface area (TPSA) is 66.0 Å². The number of carbonyl (C=O) groups is 1. The molecule has 6 nitrogen and oxygen atoms in total. The maximum absolute atomic E-state index is 12.7. The lowest BCUT2D eigenvalue weighted by Gasteiger charge is -2.26. The summed E-state index contributed by atoms with van der Waals surface area (Å²) in [7, 11) is 3.12. The summed E-state index contributed by atoms with van der Waals surface area (Å²) in [5, 5.41) is 3.02. The Morgan fingerprint density at radius 2 is 1.78 bits per heavy atom. The van der Waals surface area contributed by atoms with Crippen LogP contribution in [0.1, 0.15) is 29.8 Å². The van der Waals surface area contributed by atoms with Gasteiger partial charge in [-0.2, -0.15) is 0 Å². The molecule has 7 heteroatoms. The lowest BCUT2D eigenvalue weighted by Crippen LogP contribution is -2.37. The van der Waals surface area contributed by atoms with Crippen molar-refractivity contribution in [3.05, 3.63) is 45.0 Å². The molecule has 1 aliphatic rings. The number of methoxy groups -OCH3 is 2. The summed E-state index contributed by atoms with van der Waals surface area (Å²) in [6.45, 7) is 4.86. The summed E-state index contributed by atoms with van der Waals surface area (Å²) in [5.41, 5.74) is 1.34. The van der Waals surface area contributed by atoms with E-state index in [2.05, 4.69) is 41.8 Å². The van der Waals surface area contributed by atoms with Crippen molar-refractivity contribution in [2.45, 2.75) is 19.3 Å². The highest BCUT2D eigenvalue weighted by molar-refractivity contribution is 14.1. The van der Waals surface area contributed by atoms with Gasteiger partial charge in [0.15, 0.2) is 23.0 Å². The van der Waals surface area contributed by atoms with Crippen LogP contribution < -0.4 is 24.3 Å². The van der Waals surface area contributed by atoms with E-state index in [-0.39, 0.29) is 18.1 Å². The summed E-state index contributed by atoms with van der Waals surface area (Å²) in [6, 6.07) is 9.35. The molecule has 3 rings (SSSR count). The third kappa shape index (κ3) is 4.07. The van der Waals surface area contributed by atoms with Crippen molar-refractivity contribution in [3.63, 3.8) is 0 Å². The van der Waals surface area contributed by atoms with Crippen LogP contribution >= 0.6 is 22.6 Å². The molecule has 1 aliphatic heterocycles. The Morgan fingerprint density at radius 3 is 2.48 bits per heavy atom. The highest BCUT2D eigenvalue weighted by Gasteiger charge is 2.25. The molecule has 1 N–H and O–H groups in total. The first-order valence-electron chi connectivity index (χ1n) is 8.45. The van der Waals surface area contributed by atoms with Gasteiger partial charge in [-0.3, -0.25) is 4.79 Å². The highest BCUT2D eigenvalue weighted by Crippen LogP contribution is 2.36. The number of nitrogens with one attached hydrogen (secondary N) is 1. The zero-order chi connectivity index (χ0) is 19.6. The lowest BCUT2D eigenvalue weighted by molar-refractivity contribution is 0.0944. The smallest absolute Gasteiger partial charge is 0.252 e. The number of hydrogen-bond acceptors (Lipinski definition) is 5. The fraction of sp³-hybridized carbons (Fsp3) is 0.350. The van der Waals surface area contributed by atoms with Gasteiger partial charge in [0.05, 0.1) is 19.8 Å². The molecule has 0 bridgehead atoms. The van der Waals surface area contributed by atoms with Crippen LogP contribution in [0.2, 0.25) is 0 Å². The van der Waals surface area contributed by atoms with Gasteiger partial charge in [0, 0.05) is 15.5 Å². The molecule has 1 heterocycles. The fourth-order valence-corrected chi connectivity index (χ4v) is 3.53. The summed E-state index contributed by atoms with van der Waals surface area (Å²) >= 11 is 2.12. The Balaban J connectivity index is 1.75. The third-order valence-corrected chi connectivity index (χ3v) is 5.46. The Labute approximate surface area is 172 Å². The third-order valence-electron chi connectivity index (χ3n) is 4.56. The van der Waals surface area contributed by atoms with E-state index in [0.29, 0.717) is 23.6 Å². The van der Waals surface area contributed by atoms with Crippen LogP contribution in [0.3, 0.4) is 0 Å². The van der Waals surface area contributed by atoms with Crippen molar-refractivity contribution in [3.8, 4) is 23.0 Å². The van der Waals surface area contributed by atoms with Gasteiger partial charge < -0.3 is 24.3 Å². The number of hydrogen-bond donors (Lipinski definition) is 1. The van der Waals surface area contributed by atoms with Crippen molar-refractivity contribution in [2.24, 2.45) is 0 Å². The highest BCUT2D eigenvalue weighted by atomic mass is 127. The summed E-state index contributed by atoms with van der Waals surface area (Å²) in [5.74, 6) is 2.45. The van der Waals surface area contributed by atoms with Crippen molar-refractivity contribution < 1.29 is 23.7 Å². The van der Waals surface area contributed by atoms with E-state index in [1.54, 1.807) is 26.4 Å². The van der Waals surface area contributed by atoms with E-state index in [9.17, 15) is 4.79 Å². The van der Waals surface area contributed by atoms with Crippen molar-refractivity contribution in [1.82, 2.24) is 5.32 Å². The molecule has 2 aromatic carbocycles. The normalized spacial score (nSPS) is 12.6. The van der Waals surface area contributed by atoms with E-state index in [1.165, 1.54) is 0 Å². The van der Waals surface area contributed by atoms with Gasteiger partial charge in [0.2, 0.25) is 6.79 Å². The standard InChI is InChI=1S/C20H22INO5/c1-20(2,12-5-6-15-18(7-12)27-11-26-15)10-22-19(23)13-8-16(24-3)17(25-4)9-14(13)21/h5-9H,10-11H2,1-4H3,(H,22,23). The van der Waals surface area contributed by atoms with Crippen LogP contribution in [0, 0.1) is 3.57 Å². The van der Waals surface area contributed by atoms with Gasteiger partial charge in [-0.25, -0.2) is 0 Å². The van der Waals surface area contributed by atoms with Crippen LogP contribution in [-0.4, -0.2) is 33.5 Å². The van der Waals surface area contributed by atoms with Crippen LogP contribution in [0.25, 0.3) is 0 Å². The summed E-state index contributed by atoms with van der Waals surface area (Å²) in [4.78, 5) is 12.7. The second kappa shape index (κ2) is 7.84. The summed E-state index contributed by atoms with van der Waals surface area (Å²) in [6.07, 6.45) is 0. The maximum Gasteiger partial charge on any atom is 0.252 e.